The fraction of sp³-hybridized carbons (Fsp3) is 0. The lowest BCUT2D eigenvalue weighted by molar-refractivity contribution is 0.0690. The van der Waals surface area contributed by atoms with Crippen LogP contribution in [-0.4, -0.2) is 20.9 Å². The summed E-state index contributed by atoms with van der Waals surface area (Å²) in [5, 5.41) is 13.0. The van der Waals surface area contributed by atoms with E-state index < -0.39 is 11.8 Å². The summed E-state index contributed by atoms with van der Waals surface area (Å²) in [7, 11) is 0. The van der Waals surface area contributed by atoms with Gasteiger partial charge in [-0.1, -0.05) is 6.07 Å². The largest absolute Gasteiger partial charge is 0.476 e. The average molecular weight is 272 g/mol. The molecule has 2 heterocycles. The number of hydrogen-bond donors (Lipinski definition) is 1. The molecule has 1 aromatic carbocycles. The summed E-state index contributed by atoms with van der Waals surface area (Å²) in [6.07, 6.45) is 1.47. The second-order valence-electron chi connectivity index (χ2n) is 4.09. The Morgan fingerprint density at radius 3 is 2.75 bits per heavy atom. The summed E-state index contributed by atoms with van der Waals surface area (Å²) in [4.78, 5) is 11.1. The number of hydrogen-bond acceptors (Lipinski definition) is 3. The quantitative estimate of drug-likeness (QED) is 0.795. The third-order valence-corrected chi connectivity index (χ3v) is 2.75. The molecule has 0 spiro atoms. The van der Waals surface area contributed by atoms with Crippen molar-refractivity contribution in [2.75, 3.05) is 0 Å². The molecule has 20 heavy (non-hydrogen) atoms. The second-order valence-corrected chi connectivity index (χ2v) is 4.09. The van der Waals surface area contributed by atoms with E-state index in [0.717, 1.165) is 0 Å². The van der Waals surface area contributed by atoms with Crippen molar-refractivity contribution in [2.45, 2.75) is 0 Å². The first-order chi connectivity index (χ1) is 9.65. The van der Waals surface area contributed by atoms with Crippen molar-refractivity contribution in [2.24, 2.45) is 0 Å². The number of furan rings is 1. The van der Waals surface area contributed by atoms with Crippen molar-refractivity contribution < 1.29 is 18.7 Å². The number of halogens is 1. The number of benzene rings is 1. The number of nitrogens with zero attached hydrogens (tertiary/aromatic N) is 2. The van der Waals surface area contributed by atoms with Crippen molar-refractivity contribution >= 4 is 5.97 Å². The summed E-state index contributed by atoms with van der Waals surface area (Å²) in [6.45, 7) is 0. The Labute approximate surface area is 112 Å². The molecule has 0 radical (unpaired) electrons. The van der Waals surface area contributed by atoms with Crippen molar-refractivity contribution in [3.05, 3.63) is 60.2 Å². The van der Waals surface area contributed by atoms with Crippen LogP contribution >= 0.6 is 0 Å². The van der Waals surface area contributed by atoms with Gasteiger partial charge in [0.2, 0.25) is 0 Å². The molecular formula is C14H9FN2O3. The molecule has 1 N–H and O–H groups in total. The van der Waals surface area contributed by atoms with Crippen LogP contribution < -0.4 is 0 Å². The SMILES string of the molecule is O=C(O)c1cc(-c2ccco2)n(-c2cccc(F)c2)n1. The molecule has 0 bridgehead atoms. The van der Waals surface area contributed by atoms with E-state index in [-0.39, 0.29) is 5.69 Å². The van der Waals surface area contributed by atoms with Crippen molar-refractivity contribution in [3.8, 4) is 17.1 Å². The zero-order chi connectivity index (χ0) is 14.1. The van der Waals surface area contributed by atoms with Crippen LogP contribution in [0, 0.1) is 5.82 Å². The average Bonchev–Trinajstić information content (AvgIpc) is 3.07. The molecule has 3 aromatic rings. The van der Waals surface area contributed by atoms with Gasteiger partial charge in [-0.15, -0.1) is 0 Å². The van der Waals surface area contributed by atoms with Crippen molar-refractivity contribution in [3.63, 3.8) is 0 Å². The van der Waals surface area contributed by atoms with Gasteiger partial charge in [-0.3, -0.25) is 0 Å². The summed E-state index contributed by atoms with van der Waals surface area (Å²) in [5.74, 6) is -1.14. The van der Waals surface area contributed by atoms with Gasteiger partial charge in [0.1, 0.15) is 11.5 Å². The third-order valence-electron chi connectivity index (χ3n) is 2.75. The highest BCUT2D eigenvalue weighted by Crippen LogP contribution is 2.24. The van der Waals surface area contributed by atoms with Gasteiger partial charge in [-0.25, -0.2) is 13.9 Å². The van der Waals surface area contributed by atoms with E-state index in [2.05, 4.69) is 5.10 Å². The monoisotopic (exact) mass is 272 g/mol. The number of carbonyl (C=O) groups is 1. The van der Waals surface area contributed by atoms with E-state index in [1.165, 1.54) is 35.2 Å². The van der Waals surface area contributed by atoms with E-state index in [1.54, 1.807) is 18.2 Å². The Bertz CT molecular complexity index is 763. The van der Waals surface area contributed by atoms with E-state index in [4.69, 9.17) is 9.52 Å². The van der Waals surface area contributed by atoms with Crippen LogP contribution in [0.1, 0.15) is 10.5 Å². The van der Waals surface area contributed by atoms with Gasteiger partial charge < -0.3 is 9.52 Å². The fourth-order valence-electron chi connectivity index (χ4n) is 1.89. The Kier molecular flexibility index (Phi) is 2.83. The zero-order valence-corrected chi connectivity index (χ0v) is 10.2. The minimum atomic E-state index is -1.16. The van der Waals surface area contributed by atoms with Crippen LogP contribution in [0.4, 0.5) is 4.39 Å². The molecule has 0 aliphatic carbocycles. The van der Waals surface area contributed by atoms with Crippen LogP contribution in [0.2, 0.25) is 0 Å². The maximum Gasteiger partial charge on any atom is 0.356 e. The van der Waals surface area contributed by atoms with Crippen molar-refractivity contribution in [1.82, 2.24) is 9.78 Å². The van der Waals surface area contributed by atoms with Gasteiger partial charge in [0, 0.05) is 6.07 Å². The van der Waals surface area contributed by atoms with E-state index in [0.29, 0.717) is 17.1 Å². The summed E-state index contributed by atoms with van der Waals surface area (Å²) in [5.41, 5.74) is 0.725. The zero-order valence-electron chi connectivity index (χ0n) is 10.2. The minimum absolute atomic E-state index is 0.138. The molecule has 0 aliphatic heterocycles. The molecule has 0 saturated heterocycles. The number of aromatic nitrogens is 2. The lowest BCUT2D eigenvalue weighted by atomic mass is 10.2. The summed E-state index contributed by atoms with van der Waals surface area (Å²) in [6, 6.07) is 10.5. The van der Waals surface area contributed by atoms with Gasteiger partial charge in [0.05, 0.1) is 12.0 Å². The predicted molar refractivity (Wildman–Crippen MR) is 68.2 cm³/mol. The summed E-state index contributed by atoms with van der Waals surface area (Å²) >= 11 is 0. The van der Waals surface area contributed by atoms with Crippen LogP contribution in [0.3, 0.4) is 0 Å². The lowest BCUT2D eigenvalue weighted by Crippen LogP contribution is -2.02. The molecular weight excluding hydrogens is 263 g/mol. The molecule has 5 nitrogen and oxygen atoms in total. The van der Waals surface area contributed by atoms with Gasteiger partial charge in [0.15, 0.2) is 11.5 Å². The smallest absolute Gasteiger partial charge is 0.356 e. The standard InChI is InChI=1S/C14H9FN2O3/c15-9-3-1-4-10(7-9)17-12(13-5-2-6-20-13)8-11(16-17)14(18)19/h1-8H,(H,18,19). The molecule has 0 aliphatic rings. The summed E-state index contributed by atoms with van der Waals surface area (Å²) < 4.78 is 19.9. The molecule has 0 amide bonds. The van der Waals surface area contributed by atoms with Gasteiger partial charge in [-0.05, 0) is 30.3 Å². The highest BCUT2D eigenvalue weighted by molar-refractivity contribution is 5.87. The second kappa shape index (κ2) is 4.65. The lowest BCUT2D eigenvalue weighted by Gasteiger charge is -2.05. The Balaban J connectivity index is 2.21. The molecule has 0 atom stereocenters. The Morgan fingerprint density at radius 2 is 2.10 bits per heavy atom. The van der Waals surface area contributed by atoms with E-state index >= 15 is 0 Å². The molecule has 100 valence electrons. The van der Waals surface area contributed by atoms with E-state index in [1.807, 2.05) is 0 Å². The Morgan fingerprint density at radius 1 is 1.25 bits per heavy atom. The predicted octanol–water partition coefficient (Wildman–Crippen LogP) is 2.97. The minimum Gasteiger partial charge on any atom is -0.476 e. The molecule has 2 aromatic heterocycles. The maximum atomic E-state index is 13.3. The van der Waals surface area contributed by atoms with Crippen LogP contribution in [-0.2, 0) is 0 Å². The number of rotatable bonds is 3. The van der Waals surface area contributed by atoms with Crippen LogP contribution in [0.15, 0.2) is 53.1 Å². The molecule has 3 rings (SSSR count). The fourth-order valence-corrected chi connectivity index (χ4v) is 1.89. The van der Waals surface area contributed by atoms with E-state index in [9.17, 15) is 9.18 Å². The Hall–Kier alpha value is -2.89. The first-order valence-corrected chi connectivity index (χ1v) is 5.78. The van der Waals surface area contributed by atoms with Gasteiger partial charge in [-0.2, -0.15) is 5.10 Å². The van der Waals surface area contributed by atoms with Crippen LogP contribution in [0.5, 0.6) is 0 Å². The third kappa shape index (κ3) is 2.07. The first-order valence-electron chi connectivity index (χ1n) is 5.78. The van der Waals surface area contributed by atoms with Crippen LogP contribution in [0.25, 0.3) is 17.1 Å². The molecule has 6 heteroatoms. The first kappa shape index (κ1) is 12.2. The highest BCUT2D eigenvalue weighted by atomic mass is 19.1. The van der Waals surface area contributed by atoms with Gasteiger partial charge >= 0.3 is 5.97 Å². The maximum absolute atomic E-state index is 13.3. The number of carboxylic acids is 1. The highest BCUT2D eigenvalue weighted by Gasteiger charge is 2.17. The normalized spacial score (nSPS) is 10.7. The molecule has 0 unspecified atom stereocenters. The van der Waals surface area contributed by atoms with Gasteiger partial charge in [0.25, 0.3) is 0 Å². The molecule has 0 fully saturated rings. The van der Waals surface area contributed by atoms with Crippen molar-refractivity contribution in [1.29, 1.82) is 0 Å². The number of aromatic carboxylic acids is 1. The molecule has 0 saturated carbocycles. The number of carboxylic acid groups (broad SMARTS) is 1. The topological polar surface area (TPSA) is 68.3 Å².